The standard InChI is InChI=1S/C14H17N/c1-3-11(2)8-9-12-10-15-14-7-5-4-6-13(12)14/h3-4,6,8-9,15H,1,5,7,10H2,2H3/b11-8-,12-9+. The summed E-state index contributed by atoms with van der Waals surface area (Å²) in [5, 5.41) is 3.46. The molecule has 2 aliphatic rings. The van der Waals surface area contributed by atoms with Gasteiger partial charge in [-0.3, -0.25) is 0 Å². The van der Waals surface area contributed by atoms with Crippen LogP contribution in [0.5, 0.6) is 0 Å². The Morgan fingerprint density at radius 3 is 3.20 bits per heavy atom. The van der Waals surface area contributed by atoms with Gasteiger partial charge in [-0.25, -0.2) is 0 Å². The van der Waals surface area contributed by atoms with Crippen LogP contribution in [0.15, 0.2) is 59.4 Å². The Hall–Kier alpha value is -1.50. The minimum atomic E-state index is 0.968. The molecule has 1 N–H and O–H groups in total. The SMILES string of the molecule is C=C/C(C)=C\C=C1/CNC2=C1C=CCC2. The summed E-state index contributed by atoms with van der Waals surface area (Å²) in [6, 6.07) is 0. The Morgan fingerprint density at radius 1 is 1.53 bits per heavy atom. The molecule has 0 aromatic carbocycles. The highest BCUT2D eigenvalue weighted by atomic mass is 14.9. The second-order valence-corrected chi connectivity index (χ2v) is 3.99. The molecule has 0 fully saturated rings. The van der Waals surface area contributed by atoms with E-state index in [-0.39, 0.29) is 0 Å². The first-order valence-electron chi connectivity index (χ1n) is 5.45. The van der Waals surface area contributed by atoms with Crippen molar-refractivity contribution in [1.82, 2.24) is 5.32 Å². The highest BCUT2D eigenvalue weighted by molar-refractivity contribution is 5.51. The van der Waals surface area contributed by atoms with Crippen molar-refractivity contribution in [2.75, 3.05) is 6.54 Å². The Balaban J connectivity index is 2.22. The van der Waals surface area contributed by atoms with Crippen molar-refractivity contribution >= 4 is 0 Å². The van der Waals surface area contributed by atoms with Crippen LogP contribution < -0.4 is 5.32 Å². The maximum Gasteiger partial charge on any atom is 0.0404 e. The molecule has 0 saturated carbocycles. The minimum Gasteiger partial charge on any atom is -0.384 e. The molecule has 1 aliphatic carbocycles. The van der Waals surface area contributed by atoms with E-state index in [0.717, 1.165) is 13.0 Å². The Bertz CT molecular complexity index is 392. The normalized spacial score (nSPS) is 23.0. The second kappa shape index (κ2) is 4.35. The van der Waals surface area contributed by atoms with Crippen LogP contribution in [0.4, 0.5) is 0 Å². The fourth-order valence-corrected chi connectivity index (χ4v) is 1.89. The third kappa shape index (κ3) is 2.12. The zero-order chi connectivity index (χ0) is 10.7. The number of hydrogen-bond donors (Lipinski definition) is 1. The van der Waals surface area contributed by atoms with Crippen LogP contribution >= 0.6 is 0 Å². The van der Waals surface area contributed by atoms with Crippen LogP contribution in [0.25, 0.3) is 0 Å². The fourth-order valence-electron chi connectivity index (χ4n) is 1.89. The van der Waals surface area contributed by atoms with Crippen molar-refractivity contribution in [3.05, 3.63) is 59.4 Å². The van der Waals surface area contributed by atoms with E-state index in [9.17, 15) is 0 Å². The van der Waals surface area contributed by atoms with Crippen LogP contribution in [0.3, 0.4) is 0 Å². The number of hydrogen-bond acceptors (Lipinski definition) is 1. The molecule has 1 heterocycles. The predicted octanol–water partition coefficient (Wildman–Crippen LogP) is 3.25. The van der Waals surface area contributed by atoms with Gasteiger partial charge >= 0.3 is 0 Å². The van der Waals surface area contributed by atoms with E-state index in [2.05, 4.69) is 43.1 Å². The monoisotopic (exact) mass is 199 g/mol. The van der Waals surface area contributed by atoms with E-state index < -0.39 is 0 Å². The quantitative estimate of drug-likeness (QED) is 0.673. The van der Waals surface area contributed by atoms with Gasteiger partial charge in [-0.1, -0.05) is 42.5 Å². The average Bonchev–Trinajstić information content (AvgIpc) is 2.69. The summed E-state index contributed by atoms with van der Waals surface area (Å²) in [6.07, 6.45) is 13.0. The van der Waals surface area contributed by atoms with E-state index in [1.165, 1.54) is 28.8 Å². The topological polar surface area (TPSA) is 12.0 Å². The smallest absolute Gasteiger partial charge is 0.0404 e. The van der Waals surface area contributed by atoms with E-state index in [0.29, 0.717) is 0 Å². The molecule has 1 heteroatoms. The molecule has 0 amide bonds. The lowest BCUT2D eigenvalue weighted by Gasteiger charge is -2.07. The number of rotatable bonds is 2. The van der Waals surface area contributed by atoms with Crippen molar-refractivity contribution in [2.24, 2.45) is 0 Å². The molecule has 0 spiro atoms. The van der Waals surface area contributed by atoms with Gasteiger partial charge in [0.2, 0.25) is 0 Å². The third-order valence-electron chi connectivity index (χ3n) is 2.88. The van der Waals surface area contributed by atoms with Crippen molar-refractivity contribution < 1.29 is 0 Å². The lowest BCUT2D eigenvalue weighted by molar-refractivity contribution is 0.829. The molecular weight excluding hydrogens is 182 g/mol. The van der Waals surface area contributed by atoms with Gasteiger partial charge in [-0.05, 0) is 30.9 Å². The van der Waals surface area contributed by atoms with Gasteiger partial charge in [0.05, 0.1) is 0 Å². The first-order valence-corrected chi connectivity index (χ1v) is 5.45. The van der Waals surface area contributed by atoms with Gasteiger partial charge in [0.1, 0.15) is 0 Å². The molecule has 15 heavy (non-hydrogen) atoms. The lowest BCUT2D eigenvalue weighted by Crippen LogP contribution is -2.08. The van der Waals surface area contributed by atoms with Gasteiger partial charge in [-0.15, -0.1) is 0 Å². The van der Waals surface area contributed by atoms with Gasteiger partial charge < -0.3 is 5.32 Å². The van der Waals surface area contributed by atoms with Gasteiger partial charge in [0.15, 0.2) is 0 Å². The molecule has 0 saturated heterocycles. The summed E-state index contributed by atoms with van der Waals surface area (Å²) < 4.78 is 0. The van der Waals surface area contributed by atoms with Crippen molar-refractivity contribution in [3.63, 3.8) is 0 Å². The maximum absolute atomic E-state index is 3.75. The summed E-state index contributed by atoms with van der Waals surface area (Å²) in [5.74, 6) is 0. The Morgan fingerprint density at radius 2 is 2.40 bits per heavy atom. The van der Waals surface area contributed by atoms with Gasteiger partial charge in [0, 0.05) is 12.2 Å². The molecule has 0 atom stereocenters. The molecule has 1 aliphatic heterocycles. The summed E-state index contributed by atoms with van der Waals surface area (Å²) in [6.45, 7) is 6.78. The van der Waals surface area contributed by atoms with E-state index in [4.69, 9.17) is 0 Å². The summed E-state index contributed by atoms with van der Waals surface area (Å²) in [4.78, 5) is 0. The summed E-state index contributed by atoms with van der Waals surface area (Å²) in [5.41, 5.74) is 5.40. The Labute approximate surface area is 91.6 Å². The molecule has 2 rings (SSSR count). The number of allylic oxidation sites excluding steroid dienone is 7. The molecule has 1 nitrogen and oxygen atoms in total. The van der Waals surface area contributed by atoms with E-state index in [1.807, 2.05) is 6.08 Å². The van der Waals surface area contributed by atoms with Crippen LogP contribution in [0.2, 0.25) is 0 Å². The largest absolute Gasteiger partial charge is 0.384 e. The molecular formula is C14H17N. The van der Waals surface area contributed by atoms with Crippen LogP contribution in [-0.4, -0.2) is 6.54 Å². The fraction of sp³-hybridized carbons (Fsp3) is 0.286. The summed E-state index contributed by atoms with van der Waals surface area (Å²) in [7, 11) is 0. The minimum absolute atomic E-state index is 0.968. The maximum atomic E-state index is 3.75. The number of nitrogens with one attached hydrogen (secondary N) is 1. The third-order valence-corrected chi connectivity index (χ3v) is 2.88. The molecule has 0 bridgehead atoms. The highest BCUT2D eigenvalue weighted by Crippen LogP contribution is 2.27. The van der Waals surface area contributed by atoms with Gasteiger partial charge in [0.25, 0.3) is 0 Å². The molecule has 78 valence electrons. The van der Waals surface area contributed by atoms with Crippen LogP contribution in [-0.2, 0) is 0 Å². The Kier molecular flexibility index (Phi) is 2.91. The molecule has 0 radical (unpaired) electrons. The second-order valence-electron chi connectivity index (χ2n) is 3.99. The lowest BCUT2D eigenvalue weighted by atomic mass is 10.00. The molecule has 0 aromatic rings. The first kappa shape index (κ1) is 10.0. The van der Waals surface area contributed by atoms with E-state index >= 15 is 0 Å². The molecule has 0 unspecified atom stereocenters. The molecule has 0 aromatic heterocycles. The van der Waals surface area contributed by atoms with Crippen molar-refractivity contribution in [3.8, 4) is 0 Å². The van der Waals surface area contributed by atoms with Gasteiger partial charge in [-0.2, -0.15) is 0 Å². The zero-order valence-electron chi connectivity index (χ0n) is 9.22. The highest BCUT2D eigenvalue weighted by Gasteiger charge is 2.17. The first-order chi connectivity index (χ1) is 7.31. The van der Waals surface area contributed by atoms with Crippen molar-refractivity contribution in [2.45, 2.75) is 19.8 Å². The van der Waals surface area contributed by atoms with Crippen molar-refractivity contribution in [1.29, 1.82) is 0 Å². The zero-order valence-corrected chi connectivity index (χ0v) is 9.22. The van der Waals surface area contributed by atoms with E-state index in [1.54, 1.807) is 0 Å². The average molecular weight is 199 g/mol. The predicted molar refractivity (Wildman–Crippen MR) is 65.4 cm³/mol. The van der Waals surface area contributed by atoms with Crippen LogP contribution in [0, 0.1) is 0 Å². The van der Waals surface area contributed by atoms with Crippen LogP contribution in [0.1, 0.15) is 19.8 Å². The summed E-state index contributed by atoms with van der Waals surface area (Å²) >= 11 is 0.